The number of ether oxygens (including phenoxy) is 1. The molecule has 94 valence electrons. The van der Waals surface area contributed by atoms with Crippen LogP contribution in [0, 0.1) is 0 Å². The second kappa shape index (κ2) is 4.38. The number of hydrogen-bond donors (Lipinski definition) is 0. The van der Waals surface area contributed by atoms with Crippen molar-refractivity contribution in [2.24, 2.45) is 7.05 Å². The lowest BCUT2D eigenvalue weighted by atomic mass is 10.00. The van der Waals surface area contributed by atoms with E-state index >= 15 is 0 Å². The van der Waals surface area contributed by atoms with Crippen LogP contribution < -0.4 is 0 Å². The Kier molecular flexibility index (Phi) is 2.88. The molecule has 1 aromatic rings. The van der Waals surface area contributed by atoms with Crippen LogP contribution in [-0.2, 0) is 18.3 Å². The highest BCUT2D eigenvalue weighted by atomic mass is 16.5. The van der Waals surface area contributed by atoms with E-state index in [0.29, 0.717) is 18.2 Å². The predicted molar refractivity (Wildman–Crippen MR) is 63.4 cm³/mol. The molecule has 2 fully saturated rings. The third-order valence-corrected chi connectivity index (χ3v) is 4.30. The quantitative estimate of drug-likeness (QED) is 0.784. The summed E-state index contributed by atoms with van der Waals surface area (Å²) < 4.78 is 7.54. The Hall–Kier alpha value is -0.940. The molecule has 17 heavy (non-hydrogen) atoms. The molecule has 2 aliphatic rings. The maximum absolute atomic E-state index is 5.52. The SMILES string of the molecule is COC1CC2CCC(C1)N2Cc1nncn1C. The van der Waals surface area contributed by atoms with Gasteiger partial charge in [0.15, 0.2) is 0 Å². The molecule has 0 aromatic carbocycles. The fourth-order valence-corrected chi connectivity index (χ4v) is 3.29. The van der Waals surface area contributed by atoms with E-state index in [2.05, 4.69) is 15.1 Å². The van der Waals surface area contributed by atoms with Gasteiger partial charge in [0.05, 0.1) is 12.6 Å². The molecule has 5 heteroatoms. The third-order valence-electron chi connectivity index (χ3n) is 4.30. The summed E-state index contributed by atoms with van der Waals surface area (Å²) in [5, 5.41) is 8.14. The van der Waals surface area contributed by atoms with Gasteiger partial charge < -0.3 is 9.30 Å². The highest BCUT2D eigenvalue weighted by Gasteiger charge is 2.41. The van der Waals surface area contributed by atoms with Gasteiger partial charge in [-0.05, 0) is 25.7 Å². The minimum absolute atomic E-state index is 0.461. The molecular formula is C12H20N4O. The molecule has 0 spiro atoms. The zero-order valence-corrected chi connectivity index (χ0v) is 10.5. The van der Waals surface area contributed by atoms with Crippen LogP contribution in [0.25, 0.3) is 0 Å². The molecule has 2 atom stereocenters. The molecule has 0 N–H and O–H groups in total. The highest BCUT2D eigenvalue weighted by molar-refractivity contribution is 4.98. The van der Waals surface area contributed by atoms with Crippen LogP contribution in [0.5, 0.6) is 0 Å². The molecular weight excluding hydrogens is 216 g/mol. The van der Waals surface area contributed by atoms with Gasteiger partial charge in [-0.1, -0.05) is 0 Å². The third kappa shape index (κ3) is 1.98. The van der Waals surface area contributed by atoms with E-state index in [1.165, 1.54) is 25.7 Å². The lowest BCUT2D eigenvalue weighted by Gasteiger charge is -2.37. The molecule has 1 aromatic heterocycles. The molecule has 2 saturated heterocycles. The van der Waals surface area contributed by atoms with Crippen LogP contribution in [0.2, 0.25) is 0 Å². The van der Waals surface area contributed by atoms with Gasteiger partial charge in [-0.25, -0.2) is 0 Å². The van der Waals surface area contributed by atoms with Crippen LogP contribution in [-0.4, -0.2) is 45.0 Å². The fraction of sp³-hybridized carbons (Fsp3) is 0.833. The summed E-state index contributed by atoms with van der Waals surface area (Å²) >= 11 is 0. The first-order chi connectivity index (χ1) is 8.28. The van der Waals surface area contributed by atoms with Crippen LogP contribution in [0.1, 0.15) is 31.5 Å². The molecule has 3 heterocycles. The Balaban J connectivity index is 1.71. The Labute approximate surface area is 102 Å². The average molecular weight is 236 g/mol. The molecule has 0 amide bonds. The van der Waals surface area contributed by atoms with Gasteiger partial charge in [0.2, 0.25) is 0 Å². The molecule has 0 radical (unpaired) electrons. The van der Waals surface area contributed by atoms with Crippen molar-refractivity contribution in [2.75, 3.05) is 7.11 Å². The van der Waals surface area contributed by atoms with Gasteiger partial charge >= 0.3 is 0 Å². The number of fused-ring (bicyclic) bond motifs is 2. The summed E-state index contributed by atoms with van der Waals surface area (Å²) in [4.78, 5) is 2.60. The van der Waals surface area contributed by atoms with E-state index in [1.807, 2.05) is 18.7 Å². The molecule has 2 bridgehead atoms. The first-order valence-corrected chi connectivity index (χ1v) is 6.39. The molecule has 0 saturated carbocycles. The lowest BCUT2D eigenvalue weighted by molar-refractivity contribution is 0.00125. The molecule has 2 unspecified atom stereocenters. The van der Waals surface area contributed by atoms with Gasteiger partial charge in [-0.2, -0.15) is 0 Å². The van der Waals surface area contributed by atoms with Crippen molar-refractivity contribution in [3.63, 3.8) is 0 Å². The maximum Gasteiger partial charge on any atom is 0.146 e. The van der Waals surface area contributed by atoms with Crippen molar-refractivity contribution in [2.45, 2.75) is 50.4 Å². The summed E-state index contributed by atoms with van der Waals surface area (Å²) in [6, 6.07) is 1.35. The minimum atomic E-state index is 0.461. The molecule has 0 aliphatic carbocycles. The number of rotatable bonds is 3. The second-order valence-corrected chi connectivity index (χ2v) is 5.24. The highest BCUT2D eigenvalue weighted by Crippen LogP contribution is 2.37. The van der Waals surface area contributed by atoms with Crippen LogP contribution in [0.15, 0.2) is 6.33 Å². The van der Waals surface area contributed by atoms with Crippen molar-refractivity contribution >= 4 is 0 Å². The number of piperidine rings is 1. The molecule has 5 nitrogen and oxygen atoms in total. The topological polar surface area (TPSA) is 43.2 Å². The average Bonchev–Trinajstić information content (AvgIpc) is 2.82. The number of nitrogens with zero attached hydrogens (tertiary/aromatic N) is 4. The Morgan fingerprint density at radius 3 is 2.59 bits per heavy atom. The summed E-state index contributed by atoms with van der Waals surface area (Å²) in [6.07, 6.45) is 7.20. The van der Waals surface area contributed by atoms with E-state index in [4.69, 9.17) is 4.74 Å². The second-order valence-electron chi connectivity index (χ2n) is 5.24. The smallest absolute Gasteiger partial charge is 0.146 e. The monoisotopic (exact) mass is 236 g/mol. The van der Waals surface area contributed by atoms with E-state index in [9.17, 15) is 0 Å². The van der Waals surface area contributed by atoms with Crippen molar-refractivity contribution in [1.82, 2.24) is 19.7 Å². The fourth-order valence-electron chi connectivity index (χ4n) is 3.29. The lowest BCUT2D eigenvalue weighted by Crippen LogP contribution is -2.45. The van der Waals surface area contributed by atoms with Crippen LogP contribution in [0.3, 0.4) is 0 Å². The predicted octanol–water partition coefficient (Wildman–Crippen LogP) is 0.957. The van der Waals surface area contributed by atoms with E-state index in [-0.39, 0.29) is 0 Å². The number of aryl methyl sites for hydroxylation is 1. The zero-order valence-electron chi connectivity index (χ0n) is 10.5. The van der Waals surface area contributed by atoms with Gasteiger partial charge in [-0.3, -0.25) is 4.90 Å². The number of aromatic nitrogens is 3. The van der Waals surface area contributed by atoms with Gasteiger partial charge in [0.25, 0.3) is 0 Å². The maximum atomic E-state index is 5.52. The molecule has 3 rings (SSSR count). The first-order valence-electron chi connectivity index (χ1n) is 6.39. The van der Waals surface area contributed by atoms with Crippen LogP contribution in [0.4, 0.5) is 0 Å². The van der Waals surface area contributed by atoms with Crippen molar-refractivity contribution in [3.8, 4) is 0 Å². The van der Waals surface area contributed by atoms with Crippen LogP contribution >= 0.6 is 0 Å². The summed E-state index contributed by atoms with van der Waals surface area (Å²) in [7, 11) is 3.85. The standard InChI is InChI=1S/C12H20N4O/c1-15-8-13-14-12(15)7-16-9-3-4-10(16)6-11(5-9)17-2/h8-11H,3-7H2,1-2H3. The van der Waals surface area contributed by atoms with Crippen molar-refractivity contribution in [3.05, 3.63) is 12.2 Å². The van der Waals surface area contributed by atoms with E-state index in [1.54, 1.807) is 6.33 Å². The zero-order chi connectivity index (χ0) is 11.8. The van der Waals surface area contributed by atoms with Crippen molar-refractivity contribution < 1.29 is 4.74 Å². The largest absolute Gasteiger partial charge is 0.381 e. The Bertz CT molecular complexity index is 378. The summed E-state index contributed by atoms with van der Waals surface area (Å²) in [5.74, 6) is 1.07. The van der Waals surface area contributed by atoms with E-state index in [0.717, 1.165) is 12.4 Å². The summed E-state index contributed by atoms with van der Waals surface area (Å²) in [5.41, 5.74) is 0. The van der Waals surface area contributed by atoms with Gasteiger partial charge in [0.1, 0.15) is 12.2 Å². The normalized spacial score (nSPS) is 33.2. The Morgan fingerprint density at radius 2 is 2.06 bits per heavy atom. The van der Waals surface area contributed by atoms with Gasteiger partial charge in [0, 0.05) is 26.2 Å². The van der Waals surface area contributed by atoms with Gasteiger partial charge in [-0.15, -0.1) is 10.2 Å². The number of hydrogen-bond acceptors (Lipinski definition) is 4. The summed E-state index contributed by atoms with van der Waals surface area (Å²) in [6.45, 7) is 0.933. The van der Waals surface area contributed by atoms with E-state index < -0.39 is 0 Å². The number of methoxy groups -OCH3 is 1. The first kappa shape index (κ1) is 11.2. The Morgan fingerprint density at radius 1 is 1.35 bits per heavy atom. The molecule has 2 aliphatic heterocycles. The minimum Gasteiger partial charge on any atom is -0.381 e. The van der Waals surface area contributed by atoms with Crippen molar-refractivity contribution in [1.29, 1.82) is 0 Å².